The van der Waals surface area contributed by atoms with Crippen molar-refractivity contribution >= 4 is 60.8 Å². The van der Waals surface area contributed by atoms with E-state index in [1.807, 2.05) is 18.2 Å². The monoisotopic (exact) mass is 496 g/mol. The van der Waals surface area contributed by atoms with Gasteiger partial charge in [-0.3, -0.25) is 9.10 Å². The second kappa shape index (κ2) is 8.27. The van der Waals surface area contributed by atoms with Crippen LogP contribution in [0.2, 0.25) is 5.02 Å². The minimum atomic E-state index is -4.79. The largest absolute Gasteiger partial charge is 0.456 e. The van der Waals surface area contributed by atoms with Crippen molar-refractivity contribution < 1.29 is 30.8 Å². The summed E-state index contributed by atoms with van der Waals surface area (Å²) < 4.78 is 70.5. The molecule has 1 aromatic heterocycles. The van der Waals surface area contributed by atoms with Crippen LogP contribution in [0.4, 0.5) is 24.5 Å². The van der Waals surface area contributed by atoms with Crippen molar-refractivity contribution in [3.05, 3.63) is 71.2 Å². The molecule has 0 unspecified atom stereocenters. The number of rotatable bonds is 5. The smallest absolute Gasteiger partial charge is 0.417 e. The number of alkyl halides is 3. The summed E-state index contributed by atoms with van der Waals surface area (Å²) in [6.07, 6.45) is -4.00. The summed E-state index contributed by atoms with van der Waals surface area (Å²) in [6.45, 7) is -0.740. The van der Waals surface area contributed by atoms with E-state index in [-0.39, 0.29) is 5.69 Å². The van der Waals surface area contributed by atoms with E-state index in [1.54, 1.807) is 24.3 Å². The van der Waals surface area contributed by atoms with Crippen molar-refractivity contribution in [1.29, 1.82) is 0 Å². The Labute approximate surface area is 191 Å². The average molecular weight is 497 g/mol. The second-order valence-electron chi connectivity index (χ2n) is 7.29. The summed E-state index contributed by atoms with van der Waals surface area (Å²) in [5.41, 5.74) is -0.0146. The number of hydrogen-bond donors (Lipinski definition) is 1. The van der Waals surface area contributed by atoms with Gasteiger partial charge in [0.05, 0.1) is 22.5 Å². The maximum atomic E-state index is 13.2. The van der Waals surface area contributed by atoms with Crippen LogP contribution in [-0.4, -0.2) is 27.1 Å². The number of hydrogen-bond acceptors (Lipinski definition) is 4. The highest BCUT2D eigenvalue weighted by molar-refractivity contribution is 7.92. The zero-order valence-corrected chi connectivity index (χ0v) is 18.6. The molecular formula is C22H16ClF3N2O4S. The third-order valence-electron chi connectivity index (χ3n) is 4.89. The lowest BCUT2D eigenvalue weighted by Gasteiger charge is -2.23. The van der Waals surface area contributed by atoms with E-state index < -0.39 is 39.2 Å². The third kappa shape index (κ3) is 4.76. The molecule has 0 saturated carbocycles. The number of furan rings is 1. The highest BCUT2D eigenvalue weighted by Crippen LogP contribution is 2.37. The summed E-state index contributed by atoms with van der Waals surface area (Å²) in [5.74, 6) is -0.751. The minimum absolute atomic E-state index is 0.336. The summed E-state index contributed by atoms with van der Waals surface area (Å²) in [4.78, 5) is 12.6. The Hall–Kier alpha value is -3.24. The number of nitrogens with zero attached hydrogens (tertiary/aromatic N) is 1. The van der Waals surface area contributed by atoms with Crippen molar-refractivity contribution in [3.63, 3.8) is 0 Å². The molecule has 0 atom stereocenters. The van der Waals surface area contributed by atoms with Gasteiger partial charge in [0.1, 0.15) is 17.7 Å². The van der Waals surface area contributed by atoms with Gasteiger partial charge < -0.3 is 9.73 Å². The van der Waals surface area contributed by atoms with Gasteiger partial charge in [-0.25, -0.2) is 8.42 Å². The van der Waals surface area contributed by atoms with E-state index in [4.69, 9.17) is 16.0 Å². The molecule has 1 heterocycles. The van der Waals surface area contributed by atoms with Crippen LogP contribution in [0.25, 0.3) is 21.9 Å². The SMILES string of the molecule is CS(=O)(=O)N(CC(=O)Nc1ccc2c(c1)oc1ccccc12)c1ccc(Cl)c(C(F)(F)F)c1. The molecule has 1 amide bonds. The first-order chi connectivity index (χ1) is 15.4. The topological polar surface area (TPSA) is 79.6 Å². The lowest BCUT2D eigenvalue weighted by molar-refractivity contribution is -0.137. The molecule has 4 aromatic rings. The van der Waals surface area contributed by atoms with Gasteiger partial charge in [-0.2, -0.15) is 13.2 Å². The van der Waals surface area contributed by atoms with Gasteiger partial charge in [0.25, 0.3) is 0 Å². The molecule has 0 aliphatic carbocycles. The molecule has 4 rings (SSSR count). The summed E-state index contributed by atoms with van der Waals surface area (Å²) in [7, 11) is -4.09. The van der Waals surface area contributed by atoms with Crippen LogP contribution in [0.1, 0.15) is 5.56 Å². The zero-order valence-electron chi connectivity index (χ0n) is 17.0. The first-order valence-corrected chi connectivity index (χ1v) is 11.7. The average Bonchev–Trinajstić information content (AvgIpc) is 3.08. The molecule has 33 heavy (non-hydrogen) atoms. The number of sulfonamides is 1. The molecule has 0 spiro atoms. The Morgan fingerprint density at radius 2 is 1.73 bits per heavy atom. The molecule has 172 valence electrons. The van der Waals surface area contributed by atoms with E-state index in [2.05, 4.69) is 5.32 Å². The Morgan fingerprint density at radius 1 is 1.03 bits per heavy atom. The first kappa shape index (κ1) is 22.9. The normalized spacial score (nSPS) is 12.3. The van der Waals surface area contributed by atoms with Crippen LogP contribution >= 0.6 is 11.6 Å². The van der Waals surface area contributed by atoms with Gasteiger partial charge in [-0.05, 0) is 36.4 Å². The maximum Gasteiger partial charge on any atom is 0.417 e. The molecule has 11 heteroatoms. The second-order valence-corrected chi connectivity index (χ2v) is 9.60. The number of benzene rings is 3. The maximum absolute atomic E-state index is 13.2. The number of nitrogens with one attached hydrogen (secondary N) is 1. The van der Waals surface area contributed by atoms with Crippen molar-refractivity contribution in [1.82, 2.24) is 0 Å². The van der Waals surface area contributed by atoms with Crippen LogP contribution in [0.15, 0.2) is 65.1 Å². The summed E-state index contributed by atoms with van der Waals surface area (Å²) in [5, 5.41) is 3.71. The lowest BCUT2D eigenvalue weighted by Crippen LogP contribution is -2.37. The number of anilines is 2. The molecule has 0 radical (unpaired) electrons. The molecule has 0 aliphatic rings. The van der Waals surface area contributed by atoms with Gasteiger partial charge in [0.15, 0.2) is 0 Å². The Bertz CT molecular complexity index is 1480. The van der Waals surface area contributed by atoms with Crippen molar-refractivity contribution in [3.8, 4) is 0 Å². The highest BCUT2D eigenvalue weighted by atomic mass is 35.5. The molecule has 1 N–H and O–H groups in total. The minimum Gasteiger partial charge on any atom is -0.456 e. The standard InChI is InChI=1S/C22H16ClF3N2O4S/c1-33(30,31)28(14-7-9-18(23)17(11-14)22(24,25)26)12-21(29)27-13-6-8-16-15-4-2-3-5-19(15)32-20(16)10-13/h2-11H,12H2,1H3,(H,27,29). The number of halogens is 4. The van der Waals surface area contributed by atoms with Crippen molar-refractivity contribution in [2.45, 2.75) is 6.18 Å². The molecule has 3 aromatic carbocycles. The van der Waals surface area contributed by atoms with Gasteiger partial charge in [-0.1, -0.05) is 29.8 Å². The Kier molecular flexibility index (Phi) is 5.75. The molecule has 0 fully saturated rings. The summed E-state index contributed by atoms with van der Waals surface area (Å²) >= 11 is 5.61. The fourth-order valence-corrected chi connectivity index (χ4v) is 4.49. The lowest BCUT2D eigenvalue weighted by atomic mass is 10.1. The summed E-state index contributed by atoms with van der Waals surface area (Å²) in [6, 6.07) is 15.0. The first-order valence-electron chi connectivity index (χ1n) is 9.49. The van der Waals surface area contributed by atoms with Crippen LogP contribution in [-0.2, 0) is 21.0 Å². The quantitative estimate of drug-likeness (QED) is 0.386. The van der Waals surface area contributed by atoms with E-state index in [0.29, 0.717) is 27.2 Å². The van der Waals surface area contributed by atoms with E-state index in [1.165, 1.54) is 0 Å². The zero-order chi connectivity index (χ0) is 24.0. The van der Waals surface area contributed by atoms with Gasteiger partial charge in [0, 0.05) is 22.5 Å². The molecule has 0 saturated heterocycles. The Balaban J connectivity index is 1.60. The molecule has 0 bridgehead atoms. The van der Waals surface area contributed by atoms with Crippen LogP contribution in [0, 0.1) is 0 Å². The predicted molar refractivity (Wildman–Crippen MR) is 121 cm³/mol. The highest BCUT2D eigenvalue weighted by Gasteiger charge is 2.34. The van der Waals surface area contributed by atoms with Gasteiger partial charge in [-0.15, -0.1) is 0 Å². The number of carbonyl (C=O) groups is 1. The fourth-order valence-electron chi connectivity index (χ4n) is 3.42. The van der Waals surface area contributed by atoms with E-state index >= 15 is 0 Å². The molecule has 6 nitrogen and oxygen atoms in total. The van der Waals surface area contributed by atoms with Crippen LogP contribution in [0.5, 0.6) is 0 Å². The number of fused-ring (bicyclic) bond motifs is 3. The Morgan fingerprint density at radius 3 is 2.42 bits per heavy atom. The predicted octanol–water partition coefficient (Wildman–Crippen LogP) is 5.66. The fraction of sp³-hybridized carbons (Fsp3) is 0.136. The van der Waals surface area contributed by atoms with Crippen LogP contribution in [0.3, 0.4) is 0 Å². The number of amides is 1. The van der Waals surface area contributed by atoms with E-state index in [9.17, 15) is 26.4 Å². The molecular weight excluding hydrogens is 481 g/mol. The van der Waals surface area contributed by atoms with Gasteiger partial charge >= 0.3 is 6.18 Å². The number of carbonyl (C=O) groups excluding carboxylic acids is 1. The van der Waals surface area contributed by atoms with Crippen molar-refractivity contribution in [2.75, 3.05) is 22.4 Å². The van der Waals surface area contributed by atoms with Gasteiger partial charge in [0.2, 0.25) is 15.9 Å². The van der Waals surface area contributed by atoms with Crippen LogP contribution < -0.4 is 9.62 Å². The third-order valence-corrected chi connectivity index (χ3v) is 6.36. The number of para-hydroxylation sites is 1. The van der Waals surface area contributed by atoms with Crippen molar-refractivity contribution in [2.24, 2.45) is 0 Å². The molecule has 0 aliphatic heterocycles. The van der Waals surface area contributed by atoms with E-state index in [0.717, 1.165) is 29.2 Å².